The highest BCUT2D eigenvalue weighted by Gasteiger charge is 2.34. The zero-order chi connectivity index (χ0) is 26.3. The minimum Gasteiger partial charge on any atom is -0.266 e. The fourth-order valence-corrected chi connectivity index (χ4v) is 6.30. The minimum absolute atomic E-state index is 0.0539. The van der Waals surface area contributed by atoms with Gasteiger partial charge in [-0.2, -0.15) is 25.3 Å². The number of hydrogen-bond donors (Lipinski definition) is 0. The largest absolute Gasteiger partial charge is 0.297 e. The van der Waals surface area contributed by atoms with Crippen molar-refractivity contribution in [2.45, 2.75) is 40.1 Å². The summed E-state index contributed by atoms with van der Waals surface area (Å²) in [5, 5.41) is 0. The molecule has 0 amide bonds. The fourth-order valence-electron chi connectivity index (χ4n) is 3.15. The van der Waals surface area contributed by atoms with E-state index in [0.717, 1.165) is 0 Å². The molecule has 3 aromatic carbocycles. The van der Waals surface area contributed by atoms with Crippen LogP contribution in [-0.2, 0) is 42.9 Å². The molecule has 194 valence electrons. The molecule has 36 heavy (non-hydrogen) atoms. The van der Waals surface area contributed by atoms with E-state index in [2.05, 4.69) is 0 Å². The van der Waals surface area contributed by atoms with Gasteiger partial charge in [0, 0.05) is 12.8 Å². The van der Waals surface area contributed by atoms with Crippen molar-refractivity contribution in [2.75, 3.05) is 13.2 Å². The first-order chi connectivity index (χ1) is 16.9. The van der Waals surface area contributed by atoms with Gasteiger partial charge in [0.15, 0.2) is 0 Å². The Morgan fingerprint density at radius 2 is 0.833 bits per heavy atom. The second-order valence-electron chi connectivity index (χ2n) is 7.98. The smallest absolute Gasteiger partial charge is 0.266 e. The van der Waals surface area contributed by atoms with Gasteiger partial charge < -0.3 is 0 Å². The van der Waals surface area contributed by atoms with Gasteiger partial charge in [-0.1, -0.05) is 54.6 Å². The van der Waals surface area contributed by atoms with Gasteiger partial charge in [-0.25, -0.2) is 0 Å². The summed E-state index contributed by atoms with van der Waals surface area (Å²) < 4.78 is 91.2. The summed E-state index contributed by atoms with van der Waals surface area (Å²) in [5.41, 5.74) is -1.55. The molecule has 12 heteroatoms. The highest BCUT2D eigenvalue weighted by molar-refractivity contribution is 7.87. The molecule has 3 aromatic rings. The lowest BCUT2D eigenvalue weighted by Crippen LogP contribution is -2.35. The molecule has 0 heterocycles. The van der Waals surface area contributed by atoms with Crippen LogP contribution in [0.3, 0.4) is 0 Å². The fraction of sp³-hybridized carbons (Fsp3) is 0.250. The first kappa shape index (κ1) is 28.0. The van der Waals surface area contributed by atoms with Crippen molar-refractivity contribution < 1.29 is 37.8 Å². The Balaban J connectivity index is 1.75. The maximum atomic E-state index is 12.9. The molecule has 0 aliphatic carbocycles. The van der Waals surface area contributed by atoms with Crippen LogP contribution >= 0.6 is 0 Å². The van der Waals surface area contributed by atoms with E-state index >= 15 is 0 Å². The molecule has 0 radical (unpaired) electrons. The molecular weight excluding hydrogens is 528 g/mol. The van der Waals surface area contributed by atoms with Crippen LogP contribution in [0.25, 0.3) is 0 Å². The van der Waals surface area contributed by atoms with Crippen LogP contribution in [-0.4, -0.2) is 44.1 Å². The molecule has 0 unspecified atom stereocenters. The monoisotopic (exact) mass is 554 g/mol. The van der Waals surface area contributed by atoms with Crippen molar-refractivity contribution in [1.82, 2.24) is 0 Å². The minimum atomic E-state index is -4.26. The van der Waals surface area contributed by atoms with E-state index < -0.39 is 49.2 Å². The third-order valence-corrected chi connectivity index (χ3v) is 9.27. The first-order valence-electron chi connectivity index (χ1n) is 10.8. The van der Waals surface area contributed by atoms with Crippen molar-refractivity contribution >= 4 is 30.4 Å². The summed E-state index contributed by atoms with van der Waals surface area (Å²) in [7, 11) is -12.4. The van der Waals surface area contributed by atoms with Gasteiger partial charge in [0.2, 0.25) is 0 Å². The van der Waals surface area contributed by atoms with Crippen LogP contribution in [0.1, 0.15) is 19.8 Å². The maximum absolute atomic E-state index is 12.9. The van der Waals surface area contributed by atoms with Crippen LogP contribution in [0.4, 0.5) is 0 Å². The van der Waals surface area contributed by atoms with Crippen LogP contribution in [0.15, 0.2) is 106 Å². The van der Waals surface area contributed by atoms with Gasteiger partial charge in [-0.05, 0) is 43.3 Å². The van der Waals surface area contributed by atoms with E-state index in [1.165, 1.54) is 55.5 Å². The van der Waals surface area contributed by atoms with Crippen molar-refractivity contribution in [3.8, 4) is 0 Å². The Morgan fingerprint density at radius 1 is 0.528 bits per heavy atom. The zero-order valence-corrected chi connectivity index (χ0v) is 21.8. The van der Waals surface area contributed by atoms with Gasteiger partial charge in [0.25, 0.3) is 30.4 Å². The lowest BCUT2D eigenvalue weighted by atomic mass is 9.99. The van der Waals surface area contributed by atoms with E-state index in [1.807, 2.05) is 0 Å². The Kier molecular flexibility index (Phi) is 9.03. The van der Waals surface area contributed by atoms with Gasteiger partial charge in [-0.3, -0.25) is 12.5 Å². The molecule has 0 aliphatic rings. The molecule has 9 nitrogen and oxygen atoms in total. The Bertz CT molecular complexity index is 1360. The van der Waals surface area contributed by atoms with Crippen molar-refractivity contribution in [3.05, 3.63) is 91.0 Å². The normalized spacial score (nSPS) is 12.9. The SMILES string of the molecule is CC(CCOS(=O)(=O)c1ccccc1)(CCOS(=O)(=O)c1ccccc1)OS(=O)(=O)c1ccccc1. The van der Waals surface area contributed by atoms with Crippen molar-refractivity contribution in [3.63, 3.8) is 0 Å². The van der Waals surface area contributed by atoms with E-state index in [1.54, 1.807) is 42.5 Å². The quantitative estimate of drug-likeness (QED) is 0.290. The average Bonchev–Trinajstić information content (AvgIpc) is 2.85. The van der Waals surface area contributed by atoms with E-state index in [-0.39, 0.29) is 27.5 Å². The maximum Gasteiger partial charge on any atom is 0.297 e. The second kappa shape index (κ2) is 11.6. The molecule has 0 aromatic heterocycles. The predicted octanol–water partition coefficient (Wildman–Crippen LogP) is 3.74. The van der Waals surface area contributed by atoms with Gasteiger partial charge in [-0.15, -0.1) is 0 Å². The molecule has 0 bridgehead atoms. The first-order valence-corrected chi connectivity index (χ1v) is 15.1. The predicted molar refractivity (Wildman–Crippen MR) is 132 cm³/mol. The lowest BCUT2D eigenvalue weighted by molar-refractivity contribution is 0.0494. The van der Waals surface area contributed by atoms with Gasteiger partial charge >= 0.3 is 0 Å². The number of hydrogen-bond acceptors (Lipinski definition) is 9. The molecule has 0 fully saturated rings. The Morgan fingerprint density at radius 3 is 1.17 bits per heavy atom. The third-order valence-electron chi connectivity index (χ3n) is 5.15. The van der Waals surface area contributed by atoms with Crippen molar-refractivity contribution in [2.24, 2.45) is 0 Å². The molecule has 0 saturated heterocycles. The van der Waals surface area contributed by atoms with Crippen molar-refractivity contribution in [1.29, 1.82) is 0 Å². The molecule has 0 aliphatic heterocycles. The topological polar surface area (TPSA) is 130 Å². The molecule has 0 saturated carbocycles. The Hall–Kier alpha value is -2.61. The van der Waals surface area contributed by atoms with Gasteiger partial charge in [0.1, 0.15) is 0 Å². The number of rotatable bonds is 13. The van der Waals surface area contributed by atoms with E-state index in [9.17, 15) is 25.3 Å². The summed E-state index contributed by atoms with van der Waals surface area (Å²) in [4.78, 5) is -0.212. The summed E-state index contributed by atoms with van der Waals surface area (Å²) in [6.07, 6.45) is -0.389. The molecular formula is C24H26O9S3. The number of benzene rings is 3. The Labute approximate surface area is 212 Å². The van der Waals surface area contributed by atoms with E-state index in [4.69, 9.17) is 12.5 Å². The molecule has 0 N–H and O–H groups in total. The van der Waals surface area contributed by atoms with Crippen LogP contribution in [0.5, 0.6) is 0 Å². The van der Waals surface area contributed by atoms with Crippen LogP contribution in [0, 0.1) is 0 Å². The highest BCUT2D eigenvalue weighted by atomic mass is 32.2. The zero-order valence-electron chi connectivity index (χ0n) is 19.4. The van der Waals surface area contributed by atoms with E-state index in [0.29, 0.717) is 0 Å². The molecule has 3 rings (SSSR count). The van der Waals surface area contributed by atoms with Crippen LogP contribution in [0.2, 0.25) is 0 Å². The summed E-state index contributed by atoms with van der Waals surface area (Å²) in [6.45, 7) is 0.595. The second-order valence-corrected chi connectivity index (χ2v) is 12.8. The third kappa shape index (κ3) is 7.69. The summed E-state index contributed by atoms with van der Waals surface area (Å²) in [6, 6.07) is 22.3. The lowest BCUT2D eigenvalue weighted by Gasteiger charge is -2.28. The standard InChI is InChI=1S/C24H26O9S3/c1-24(33-36(29,30)23-15-9-4-10-16-23,17-19-31-34(25,26)21-11-5-2-6-12-21)18-20-32-35(27,28)22-13-7-3-8-14-22/h2-16H,17-20H2,1H3. The molecule has 0 atom stereocenters. The van der Waals surface area contributed by atoms with Crippen LogP contribution < -0.4 is 0 Å². The average molecular weight is 555 g/mol. The highest BCUT2D eigenvalue weighted by Crippen LogP contribution is 2.28. The molecule has 0 spiro atoms. The summed E-state index contributed by atoms with van der Waals surface area (Å²) >= 11 is 0. The van der Waals surface area contributed by atoms with Gasteiger partial charge in [0.05, 0.1) is 33.5 Å². The summed E-state index contributed by atoms with van der Waals surface area (Å²) in [5.74, 6) is 0.